The van der Waals surface area contributed by atoms with Gasteiger partial charge in [0.25, 0.3) is 0 Å². The van der Waals surface area contributed by atoms with Crippen molar-refractivity contribution in [3.63, 3.8) is 0 Å². The average Bonchev–Trinajstić information content (AvgIpc) is 3.24. The minimum atomic E-state index is 0.593. The number of aromatic amines is 1. The molecule has 0 saturated carbocycles. The largest absolute Gasteiger partial charge is 0.497 e. The van der Waals surface area contributed by atoms with Crippen LogP contribution in [0.5, 0.6) is 5.75 Å². The zero-order valence-corrected chi connectivity index (χ0v) is 13.2. The number of ether oxygens (including phenoxy) is 1. The summed E-state index contributed by atoms with van der Waals surface area (Å²) < 4.78 is 10.4. The van der Waals surface area contributed by atoms with E-state index in [1.165, 1.54) is 0 Å². The van der Waals surface area contributed by atoms with Gasteiger partial charge in [0.1, 0.15) is 17.4 Å². The van der Waals surface area contributed by atoms with Crippen LogP contribution in [0.2, 0.25) is 0 Å². The second-order valence-corrected chi connectivity index (χ2v) is 5.15. The first kappa shape index (κ1) is 15.2. The van der Waals surface area contributed by atoms with E-state index in [9.17, 15) is 0 Å². The molecule has 0 spiro atoms. The fraction of sp³-hybridized carbons (Fsp3) is 0.375. The van der Waals surface area contributed by atoms with E-state index in [-0.39, 0.29) is 0 Å². The van der Waals surface area contributed by atoms with Crippen LogP contribution < -0.4 is 4.74 Å². The fourth-order valence-electron chi connectivity index (χ4n) is 2.23. The van der Waals surface area contributed by atoms with Crippen molar-refractivity contribution in [2.45, 2.75) is 32.6 Å². The molecule has 2 aromatic heterocycles. The van der Waals surface area contributed by atoms with Gasteiger partial charge >= 0.3 is 0 Å². The van der Waals surface area contributed by atoms with Gasteiger partial charge in [-0.3, -0.25) is 5.10 Å². The van der Waals surface area contributed by atoms with Crippen molar-refractivity contribution in [3.05, 3.63) is 41.8 Å². The molecule has 0 aliphatic rings. The maximum atomic E-state index is 5.30. The SMILES string of the molecule is CCc1n[nH]c(CCCc2nc(-c3ccc(OC)cc3)no2)n1. The van der Waals surface area contributed by atoms with Crippen LogP contribution in [0.15, 0.2) is 28.8 Å². The first-order valence-electron chi connectivity index (χ1n) is 7.65. The summed E-state index contributed by atoms with van der Waals surface area (Å²) in [6.45, 7) is 2.03. The Balaban J connectivity index is 1.56. The van der Waals surface area contributed by atoms with E-state index in [2.05, 4.69) is 25.3 Å². The zero-order chi connectivity index (χ0) is 16.1. The monoisotopic (exact) mass is 313 g/mol. The van der Waals surface area contributed by atoms with Gasteiger partial charge in [-0.1, -0.05) is 12.1 Å². The Kier molecular flexibility index (Phi) is 4.65. The van der Waals surface area contributed by atoms with Gasteiger partial charge in [0.05, 0.1) is 7.11 Å². The van der Waals surface area contributed by atoms with Gasteiger partial charge < -0.3 is 9.26 Å². The number of nitrogens with zero attached hydrogens (tertiary/aromatic N) is 4. The van der Waals surface area contributed by atoms with Crippen LogP contribution in [0.3, 0.4) is 0 Å². The summed E-state index contributed by atoms with van der Waals surface area (Å²) in [5.41, 5.74) is 0.906. The predicted molar refractivity (Wildman–Crippen MR) is 84.1 cm³/mol. The van der Waals surface area contributed by atoms with Crippen molar-refractivity contribution >= 4 is 0 Å². The second kappa shape index (κ2) is 7.04. The lowest BCUT2D eigenvalue weighted by molar-refractivity contribution is 0.375. The smallest absolute Gasteiger partial charge is 0.226 e. The van der Waals surface area contributed by atoms with Crippen molar-refractivity contribution in [3.8, 4) is 17.1 Å². The van der Waals surface area contributed by atoms with Gasteiger partial charge in [0, 0.05) is 24.8 Å². The average molecular weight is 313 g/mol. The summed E-state index contributed by atoms with van der Waals surface area (Å²) in [7, 11) is 1.64. The quantitative estimate of drug-likeness (QED) is 0.721. The molecule has 120 valence electrons. The zero-order valence-electron chi connectivity index (χ0n) is 13.2. The van der Waals surface area contributed by atoms with Crippen LogP contribution in [-0.2, 0) is 19.3 Å². The third-order valence-corrected chi connectivity index (χ3v) is 3.51. The van der Waals surface area contributed by atoms with E-state index in [0.717, 1.165) is 42.2 Å². The summed E-state index contributed by atoms with van der Waals surface area (Å²) in [6, 6.07) is 7.57. The highest BCUT2D eigenvalue weighted by molar-refractivity contribution is 5.55. The number of aromatic nitrogens is 5. The number of nitrogens with one attached hydrogen (secondary N) is 1. The molecule has 0 aliphatic carbocycles. The van der Waals surface area contributed by atoms with Gasteiger partial charge in [-0.05, 0) is 30.7 Å². The molecule has 0 saturated heterocycles. The van der Waals surface area contributed by atoms with Crippen molar-refractivity contribution in [2.24, 2.45) is 0 Å². The number of methoxy groups -OCH3 is 1. The molecule has 2 heterocycles. The normalized spacial score (nSPS) is 10.9. The molecule has 7 heteroatoms. The van der Waals surface area contributed by atoms with Crippen LogP contribution in [0, 0.1) is 0 Å². The summed E-state index contributed by atoms with van der Waals surface area (Å²) in [5, 5.41) is 11.1. The molecule has 0 bridgehead atoms. The molecule has 0 unspecified atom stereocenters. The number of benzene rings is 1. The first-order chi connectivity index (χ1) is 11.3. The molecular formula is C16H19N5O2. The van der Waals surface area contributed by atoms with E-state index >= 15 is 0 Å². The fourth-order valence-corrected chi connectivity index (χ4v) is 2.23. The van der Waals surface area contributed by atoms with Crippen molar-refractivity contribution in [1.82, 2.24) is 25.3 Å². The van der Waals surface area contributed by atoms with Crippen molar-refractivity contribution in [2.75, 3.05) is 7.11 Å². The predicted octanol–water partition coefficient (Wildman–Crippen LogP) is 2.60. The third kappa shape index (κ3) is 3.74. The Morgan fingerprint density at radius 1 is 1.13 bits per heavy atom. The van der Waals surface area contributed by atoms with Crippen molar-refractivity contribution in [1.29, 1.82) is 0 Å². The minimum absolute atomic E-state index is 0.593. The highest BCUT2D eigenvalue weighted by Gasteiger charge is 2.09. The molecule has 3 rings (SSSR count). The molecule has 1 N–H and O–H groups in total. The number of H-pyrrole nitrogens is 1. The minimum Gasteiger partial charge on any atom is -0.497 e. The van der Waals surface area contributed by atoms with Crippen LogP contribution in [-0.4, -0.2) is 32.4 Å². The topological polar surface area (TPSA) is 89.7 Å². The number of rotatable bonds is 7. The Labute approximate surface area is 134 Å². The lowest BCUT2D eigenvalue weighted by Crippen LogP contribution is -1.93. The second-order valence-electron chi connectivity index (χ2n) is 5.15. The summed E-state index contributed by atoms with van der Waals surface area (Å²) in [5.74, 6) is 3.77. The molecule has 0 amide bonds. The Bertz CT molecular complexity index is 748. The summed E-state index contributed by atoms with van der Waals surface area (Å²) in [4.78, 5) is 8.81. The first-order valence-corrected chi connectivity index (χ1v) is 7.65. The number of aryl methyl sites for hydroxylation is 3. The molecular weight excluding hydrogens is 294 g/mol. The number of hydrogen-bond acceptors (Lipinski definition) is 6. The lowest BCUT2D eigenvalue weighted by atomic mass is 10.2. The van der Waals surface area contributed by atoms with Gasteiger partial charge in [-0.15, -0.1) is 0 Å². The molecule has 0 radical (unpaired) electrons. The molecule has 0 aliphatic heterocycles. The Hall–Kier alpha value is -2.70. The van der Waals surface area contributed by atoms with Gasteiger partial charge in [-0.2, -0.15) is 10.1 Å². The van der Waals surface area contributed by atoms with E-state index in [1.807, 2.05) is 31.2 Å². The highest BCUT2D eigenvalue weighted by atomic mass is 16.5. The van der Waals surface area contributed by atoms with E-state index in [1.54, 1.807) is 7.11 Å². The van der Waals surface area contributed by atoms with E-state index in [0.29, 0.717) is 18.1 Å². The van der Waals surface area contributed by atoms with Gasteiger partial charge in [-0.25, -0.2) is 4.98 Å². The van der Waals surface area contributed by atoms with Gasteiger partial charge in [0.2, 0.25) is 11.7 Å². The maximum Gasteiger partial charge on any atom is 0.226 e. The van der Waals surface area contributed by atoms with Crippen LogP contribution in [0.4, 0.5) is 0 Å². The Morgan fingerprint density at radius 3 is 2.65 bits per heavy atom. The van der Waals surface area contributed by atoms with Gasteiger partial charge in [0.15, 0.2) is 0 Å². The van der Waals surface area contributed by atoms with Crippen LogP contribution in [0.25, 0.3) is 11.4 Å². The molecule has 23 heavy (non-hydrogen) atoms. The molecule has 0 atom stereocenters. The highest BCUT2D eigenvalue weighted by Crippen LogP contribution is 2.20. The van der Waals surface area contributed by atoms with E-state index in [4.69, 9.17) is 9.26 Å². The standard InChI is InChI=1S/C16H19N5O2/c1-3-13-17-14(20-19-13)5-4-6-15-18-16(21-23-15)11-7-9-12(22-2)10-8-11/h7-10H,3-6H2,1-2H3,(H,17,19,20). The molecule has 3 aromatic rings. The van der Waals surface area contributed by atoms with Crippen molar-refractivity contribution < 1.29 is 9.26 Å². The third-order valence-electron chi connectivity index (χ3n) is 3.51. The van der Waals surface area contributed by atoms with Crippen LogP contribution in [0.1, 0.15) is 30.9 Å². The van der Waals surface area contributed by atoms with Crippen LogP contribution >= 0.6 is 0 Å². The molecule has 0 fully saturated rings. The molecule has 1 aromatic carbocycles. The number of hydrogen-bond donors (Lipinski definition) is 1. The molecule has 7 nitrogen and oxygen atoms in total. The lowest BCUT2D eigenvalue weighted by Gasteiger charge is -1.98. The van der Waals surface area contributed by atoms with E-state index < -0.39 is 0 Å². The maximum absolute atomic E-state index is 5.30. The summed E-state index contributed by atoms with van der Waals surface area (Å²) >= 11 is 0. The summed E-state index contributed by atoms with van der Waals surface area (Å²) in [6.07, 6.45) is 3.24. The Morgan fingerprint density at radius 2 is 1.96 bits per heavy atom.